The van der Waals surface area contributed by atoms with Crippen LogP contribution >= 0.6 is 0 Å². The lowest BCUT2D eigenvalue weighted by molar-refractivity contribution is 0.136. The van der Waals surface area contributed by atoms with E-state index in [1.165, 1.54) is 62.6 Å². The number of pyridine rings is 1. The maximum absolute atomic E-state index is 5.91. The standard InChI is InChI=1S/C24H33N3O/c1-2-6-21(5-1)27-13-10-20(11-14-27)26-24-17-28-16-19(24)15-18-9-12-25-23-8-4-3-7-22(18)23/h3-4,7-9,12,19-21,24,26H,1-2,5-6,10-11,13-17H2/t19-,24+/m1/s1. The van der Waals surface area contributed by atoms with Crippen molar-refractivity contribution < 1.29 is 4.74 Å². The molecule has 1 N–H and O–H groups in total. The van der Waals surface area contributed by atoms with E-state index in [1.54, 1.807) is 0 Å². The zero-order chi connectivity index (χ0) is 18.8. The lowest BCUT2D eigenvalue weighted by Crippen LogP contribution is -2.50. The maximum Gasteiger partial charge on any atom is 0.0704 e. The molecule has 3 heterocycles. The van der Waals surface area contributed by atoms with Crippen molar-refractivity contribution in [2.75, 3.05) is 26.3 Å². The van der Waals surface area contributed by atoms with Gasteiger partial charge in [0.25, 0.3) is 0 Å². The van der Waals surface area contributed by atoms with Crippen LogP contribution in [0.15, 0.2) is 36.5 Å². The number of hydrogen-bond donors (Lipinski definition) is 1. The number of benzene rings is 1. The van der Waals surface area contributed by atoms with Crippen molar-refractivity contribution in [3.05, 3.63) is 42.1 Å². The number of piperidine rings is 1. The zero-order valence-corrected chi connectivity index (χ0v) is 16.9. The summed E-state index contributed by atoms with van der Waals surface area (Å²) in [5.41, 5.74) is 2.51. The molecule has 4 nitrogen and oxygen atoms in total. The van der Waals surface area contributed by atoms with Gasteiger partial charge in [0.15, 0.2) is 0 Å². The number of nitrogens with one attached hydrogen (secondary N) is 1. The Bertz CT molecular complexity index is 775. The lowest BCUT2D eigenvalue weighted by atomic mass is 9.91. The van der Waals surface area contributed by atoms with Gasteiger partial charge in [0, 0.05) is 35.6 Å². The molecule has 5 rings (SSSR count). The first-order valence-corrected chi connectivity index (χ1v) is 11.3. The number of ether oxygens (including phenoxy) is 1. The average Bonchev–Trinajstić information content (AvgIpc) is 3.42. The largest absolute Gasteiger partial charge is 0.379 e. The van der Waals surface area contributed by atoms with E-state index in [9.17, 15) is 0 Å². The summed E-state index contributed by atoms with van der Waals surface area (Å²) >= 11 is 0. The Morgan fingerprint density at radius 3 is 2.68 bits per heavy atom. The second-order valence-electron chi connectivity index (χ2n) is 9.01. The fourth-order valence-corrected chi connectivity index (χ4v) is 5.60. The van der Waals surface area contributed by atoms with Gasteiger partial charge in [0.2, 0.25) is 0 Å². The molecular weight excluding hydrogens is 346 g/mol. The van der Waals surface area contributed by atoms with Crippen LogP contribution in [0.5, 0.6) is 0 Å². The van der Waals surface area contributed by atoms with Gasteiger partial charge in [-0.05, 0) is 62.9 Å². The summed E-state index contributed by atoms with van der Waals surface area (Å²) in [5.74, 6) is 0.554. The Kier molecular flexibility index (Phi) is 5.61. The second kappa shape index (κ2) is 8.48. The molecule has 1 aliphatic carbocycles. The highest BCUT2D eigenvalue weighted by molar-refractivity contribution is 5.81. The van der Waals surface area contributed by atoms with Gasteiger partial charge in [-0.1, -0.05) is 31.0 Å². The lowest BCUT2D eigenvalue weighted by Gasteiger charge is -2.37. The first-order chi connectivity index (χ1) is 13.9. The molecule has 0 spiro atoms. The van der Waals surface area contributed by atoms with E-state index in [0.717, 1.165) is 31.2 Å². The molecule has 0 amide bonds. The predicted molar refractivity (Wildman–Crippen MR) is 114 cm³/mol. The van der Waals surface area contributed by atoms with E-state index in [0.29, 0.717) is 18.0 Å². The van der Waals surface area contributed by atoms with Gasteiger partial charge in [-0.15, -0.1) is 0 Å². The summed E-state index contributed by atoms with van der Waals surface area (Å²) < 4.78 is 5.91. The summed E-state index contributed by atoms with van der Waals surface area (Å²) in [7, 11) is 0. The van der Waals surface area contributed by atoms with Crippen LogP contribution in [0.2, 0.25) is 0 Å². The van der Waals surface area contributed by atoms with Crippen LogP contribution in [0.1, 0.15) is 44.1 Å². The van der Waals surface area contributed by atoms with E-state index in [4.69, 9.17) is 4.74 Å². The summed E-state index contributed by atoms with van der Waals surface area (Å²) in [4.78, 5) is 7.28. The smallest absolute Gasteiger partial charge is 0.0704 e. The normalized spacial score (nSPS) is 27.7. The number of para-hydroxylation sites is 1. The van der Waals surface area contributed by atoms with Crippen molar-refractivity contribution in [2.45, 2.75) is 63.1 Å². The van der Waals surface area contributed by atoms with Gasteiger partial charge in [0.1, 0.15) is 0 Å². The van der Waals surface area contributed by atoms with Gasteiger partial charge in [-0.3, -0.25) is 4.98 Å². The Labute approximate surface area is 168 Å². The molecule has 1 aromatic carbocycles. The Hall–Kier alpha value is -1.49. The Morgan fingerprint density at radius 1 is 1.00 bits per heavy atom. The zero-order valence-electron chi connectivity index (χ0n) is 16.9. The molecule has 2 aromatic rings. The molecule has 4 heteroatoms. The third kappa shape index (κ3) is 3.96. The van der Waals surface area contributed by atoms with Crippen LogP contribution in [-0.2, 0) is 11.2 Å². The van der Waals surface area contributed by atoms with E-state index in [1.807, 2.05) is 6.20 Å². The van der Waals surface area contributed by atoms with Crippen LogP contribution in [0.3, 0.4) is 0 Å². The summed E-state index contributed by atoms with van der Waals surface area (Å²) in [6, 6.07) is 12.7. The molecule has 0 radical (unpaired) electrons. The van der Waals surface area contributed by atoms with Crippen molar-refractivity contribution in [2.24, 2.45) is 5.92 Å². The minimum atomic E-state index is 0.481. The quantitative estimate of drug-likeness (QED) is 0.858. The number of likely N-dealkylation sites (tertiary alicyclic amines) is 1. The predicted octanol–water partition coefficient (Wildman–Crippen LogP) is 3.79. The summed E-state index contributed by atoms with van der Waals surface area (Å²) in [6.45, 7) is 4.27. The molecular formula is C24H33N3O. The van der Waals surface area contributed by atoms with Gasteiger partial charge >= 0.3 is 0 Å². The molecule has 3 fully saturated rings. The number of nitrogens with zero attached hydrogens (tertiary/aromatic N) is 2. The fourth-order valence-electron chi connectivity index (χ4n) is 5.60. The first-order valence-electron chi connectivity index (χ1n) is 11.3. The summed E-state index contributed by atoms with van der Waals surface area (Å²) in [5, 5.41) is 5.27. The molecule has 2 saturated heterocycles. The van der Waals surface area contributed by atoms with E-state index in [-0.39, 0.29) is 0 Å². The highest BCUT2D eigenvalue weighted by Gasteiger charge is 2.33. The maximum atomic E-state index is 5.91. The van der Waals surface area contributed by atoms with Crippen LogP contribution in [-0.4, -0.2) is 54.3 Å². The van der Waals surface area contributed by atoms with Crippen molar-refractivity contribution in [3.8, 4) is 0 Å². The van der Waals surface area contributed by atoms with Crippen molar-refractivity contribution in [1.29, 1.82) is 0 Å². The van der Waals surface area contributed by atoms with Crippen LogP contribution in [0.4, 0.5) is 0 Å². The fraction of sp³-hybridized carbons (Fsp3) is 0.625. The molecule has 3 aliphatic rings. The van der Waals surface area contributed by atoms with Gasteiger partial charge in [-0.2, -0.15) is 0 Å². The van der Waals surface area contributed by atoms with Crippen molar-refractivity contribution in [1.82, 2.24) is 15.2 Å². The highest BCUT2D eigenvalue weighted by Crippen LogP contribution is 2.28. The minimum Gasteiger partial charge on any atom is -0.379 e. The number of aromatic nitrogens is 1. The monoisotopic (exact) mass is 379 g/mol. The highest BCUT2D eigenvalue weighted by atomic mass is 16.5. The van der Waals surface area contributed by atoms with Crippen LogP contribution in [0, 0.1) is 5.92 Å². The SMILES string of the molecule is c1ccc2c(C[C@@H]3COC[C@@H]3NC3CCN(C4CCCC4)CC3)ccnc2c1. The molecule has 28 heavy (non-hydrogen) atoms. The second-order valence-corrected chi connectivity index (χ2v) is 9.01. The molecule has 1 saturated carbocycles. The summed E-state index contributed by atoms with van der Waals surface area (Å²) in [6.07, 6.45) is 11.3. The van der Waals surface area contributed by atoms with Gasteiger partial charge < -0.3 is 15.0 Å². The van der Waals surface area contributed by atoms with Crippen molar-refractivity contribution >= 4 is 10.9 Å². The van der Waals surface area contributed by atoms with Gasteiger partial charge in [-0.25, -0.2) is 0 Å². The molecule has 2 aliphatic heterocycles. The topological polar surface area (TPSA) is 37.4 Å². The van der Waals surface area contributed by atoms with Crippen molar-refractivity contribution in [3.63, 3.8) is 0 Å². The minimum absolute atomic E-state index is 0.481. The number of hydrogen-bond acceptors (Lipinski definition) is 4. The first kappa shape index (κ1) is 18.5. The molecule has 150 valence electrons. The van der Waals surface area contributed by atoms with Crippen LogP contribution < -0.4 is 5.32 Å². The third-order valence-electron chi connectivity index (χ3n) is 7.24. The van der Waals surface area contributed by atoms with E-state index >= 15 is 0 Å². The average molecular weight is 380 g/mol. The molecule has 0 unspecified atom stereocenters. The Morgan fingerprint density at radius 2 is 1.82 bits per heavy atom. The Balaban J connectivity index is 1.19. The molecule has 2 atom stereocenters. The molecule has 1 aromatic heterocycles. The number of fused-ring (bicyclic) bond motifs is 1. The van der Waals surface area contributed by atoms with E-state index in [2.05, 4.69) is 45.5 Å². The van der Waals surface area contributed by atoms with E-state index < -0.39 is 0 Å². The molecule has 0 bridgehead atoms. The number of rotatable bonds is 5. The third-order valence-corrected chi connectivity index (χ3v) is 7.24. The van der Waals surface area contributed by atoms with Crippen LogP contribution in [0.25, 0.3) is 10.9 Å². The van der Waals surface area contributed by atoms with Gasteiger partial charge in [0.05, 0.1) is 18.7 Å².